The lowest BCUT2D eigenvalue weighted by atomic mass is 9.98. The van der Waals surface area contributed by atoms with Crippen LogP contribution in [0, 0.1) is 17.8 Å². The molecule has 0 aliphatic heterocycles. The second-order valence-electron chi connectivity index (χ2n) is 9.50. The standard InChI is InChI=1S/C24H38N4O6/c1-12(2)18(25)21(30)27-20(14(5)6)23(32)28-19(13(3)4)22(31)26-17(24(33)34)11-15-7-9-16(29)10-8-15/h7-10,12-14,17-20,29H,11,25H2,1-6H3,(H,26,31)(H,27,30)(H,28,32)(H,33,34). The molecule has 3 amide bonds. The Bertz CT molecular complexity index is 854. The molecule has 1 rings (SSSR count). The van der Waals surface area contributed by atoms with Crippen molar-refractivity contribution in [2.75, 3.05) is 0 Å². The van der Waals surface area contributed by atoms with Crippen molar-refractivity contribution in [2.45, 2.75) is 72.1 Å². The average molecular weight is 479 g/mol. The SMILES string of the molecule is CC(C)C(N)C(=O)NC(C(=O)NC(C(=O)NC(Cc1ccc(O)cc1)C(=O)O)C(C)C)C(C)C. The van der Waals surface area contributed by atoms with E-state index in [0.717, 1.165) is 0 Å². The summed E-state index contributed by atoms with van der Waals surface area (Å²) in [6.45, 7) is 10.5. The molecule has 1 aromatic rings. The van der Waals surface area contributed by atoms with Crippen LogP contribution in [0.15, 0.2) is 24.3 Å². The minimum atomic E-state index is -1.24. The molecule has 4 unspecified atom stereocenters. The molecule has 0 aromatic heterocycles. The molecule has 1 aromatic carbocycles. The zero-order valence-corrected chi connectivity index (χ0v) is 20.7. The van der Waals surface area contributed by atoms with E-state index in [4.69, 9.17) is 5.73 Å². The smallest absolute Gasteiger partial charge is 0.326 e. The van der Waals surface area contributed by atoms with Gasteiger partial charge in [0, 0.05) is 6.42 Å². The van der Waals surface area contributed by atoms with Crippen LogP contribution in [0.5, 0.6) is 5.75 Å². The largest absolute Gasteiger partial charge is 0.508 e. The summed E-state index contributed by atoms with van der Waals surface area (Å²) >= 11 is 0. The van der Waals surface area contributed by atoms with Crippen LogP contribution in [-0.2, 0) is 25.6 Å². The van der Waals surface area contributed by atoms with Crippen LogP contribution in [0.1, 0.15) is 47.1 Å². The molecule has 10 heteroatoms. The first-order chi connectivity index (χ1) is 15.7. The van der Waals surface area contributed by atoms with E-state index in [-0.39, 0.29) is 29.9 Å². The second-order valence-corrected chi connectivity index (χ2v) is 9.50. The van der Waals surface area contributed by atoms with Crippen molar-refractivity contribution in [3.63, 3.8) is 0 Å². The highest BCUT2D eigenvalue weighted by atomic mass is 16.4. The highest BCUT2D eigenvalue weighted by Crippen LogP contribution is 2.13. The number of benzene rings is 1. The van der Waals surface area contributed by atoms with E-state index in [1.807, 2.05) is 0 Å². The van der Waals surface area contributed by atoms with Crippen LogP contribution in [0.25, 0.3) is 0 Å². The van der Waals surface area contributed by atoms with E-state index >= 15 is 0 Å². The lowest BCUT2D eigenvalue weighted by Crippen LogP contribution is -2.60. The Morgan fingerprint density at radius 2 is 1.21 bits per heavy atom. The van der Waals surface area contributed by atoms with Gasteiger partial charge in [0.25, 0.3) is 0 Å². The number of aromatic hydroxyl groups is 1. The molecule has 0 fully saturated rings. The third-order valence-corrected chi connectivity index (χ3v) is 5.51. The van der Waals surface area contributed by atoms with Crippen LogP contribution >= 0.6 is 0 Å². The monoisotopic (exact) mass is 478 g/mol. The summed E-state index contributed by atoms with van der Waals surface area (Å²) in [5, 5.41) is 26.8. The number of amides is 3. The van der Waals surface area contributed by atoms with E-state index < -0.39 is 47.9 Å². The van der Waals surface area contributed by atoms with Crippen LogP contribution in [-0.4, -0.2) is 58.1 Å². The normalized spacial score (nSPS) is 14.9. The molecule has 0 aliphatic carbocycles. The van der Waals surface area contributed by atoms with Gasteiger partial charge in [0.05, 0.1) is 6.04 Å². The fourth-order valence-corrected chi connectivity index (χ4v) is 3.19. The predicted octanol–water partition coefficient (Wildman–Crippen LogP) is 0.769. The minimum absolute atomic E-state index is 0.00210. The predicted molar refractivity (Wildman–Crippen MR) is 128 cm³/mol. The molecule has 0 spiro atoms. The van der Waals surface area contributed by atoms with Gasteiger partial charge < -0.3 is 31.9 Å². The van der Waals surface area contributed by atoms with Gasteiger partial charge >= 0.3 is 5.97 Å². The molecular weight excluding hydrogens is 440 g/mol. The minimum Gasteiger partial charge on any atom is -0.508 e. The van der Waals surface area contributed by atoms with Gasteiger partial charge in [-0.3, -0.25) is 14.4 Å². The highest BCUT2D eigenvalue weighted by molar-refractivity contribution is 5.94. The third-order valence-electron chi connectivity index (χ3n) is 5.51. The number of carbonyl (C=O) groups is 4. The Morgan fingerprint density at radius 3 is 1.62 bits per heavy atom. The van der Waals surface area contributed by atoms with E-state index in [1.54, 1.807) is 53.7 Å². The number of aliphatic carboxylic acids is 1. The Balaban J connectivity index is 2.95. The van der Waals surface area contributed by atoms with Crippen LogP contribution in [0.3, 0.4) is 0 Å². The maximum Gasteiger partial charge on any atom is 0.326 e. The Labute approximate surface area is 200 Å². The zero-order valence-electron chi connectivity index (χ0n) is 20.7. The van der Waals surface area contributed by atoms with Crippen LogP contribution in [0.2, 0.25) is 0 Å². The first kappa shape index (κ1) is 28.9. The van der Waals surface area contributed by atoms with Crippen molar-refractivity contribution < 1.29 is 29.4 Å². The summed E-state index contributed by atoms with van der Waals surface area (Å²) in [5.41, 5.74) is 6.49. The number of carbonyl (C=O) groups excluding carboxylic acids is 3. The Morgan fingerprint density at radius 1 is 0.765 bits per heavy atom. The van der Waals surface area contributed by atoms with Gasteiger partial charge in [-0.1, -0.05) is 53.7 Å². The van der Waals surface area contributed by atoms with E-state index in [0.29, 0.717) is 5.56 Å². The van der Waals surface area contributed by atoms with Crippen molar-refractivity contribution in [1.82, 2.24) is 16.0 Å². The number of carboxylic acids is 1. The average Bonchev–Trinajstić information content (AvgIpc) is 2.74. The summed E-state index contributed by atoms with van der Waals surface area (Å²) in [6, 6.07) is 2.03. The quantitative estimate of drug-likeness (QED) is 0.257. The molecular formula is C24H38N4O6. The van der Waals surface area contributed by atoms with Gasteiger partial charge in [0.15, 0.2) is 0 Å². The molecule has 10 nitrogen and oxygen atoms in total. The second kappa shape index (κ2) is 12.9. The maximum atomic E-state index is 13.0. The topological polar surface area (TPSA) is 171 Å². The molecule has 190 valence electrons. The summed E-state index contributed by atoms with van der Waals surface area (Å²) in [4.78, 5) is 50.1. The molecule has 34 heavy (non-hydrogen) atoms. The fourth-order valence-electron chi connectivity index (χ4n) is 3.19. The molecule has 7 N–H and O–H groups in total. The lowest BCUT2D eigenvalue weighted by Gasteiger charge is -2.29. The number of hydrogen-bond donors (Lipinski definition) is 6. The van der Waals surface area contributed by atoms with Crippen LogP contribution in [0.4, 0.5) is 0 Å². The van der Waals surface area contributed by atoms with Crippen molar-refractivity contribution in [2.24, 2.45) is 23.5 Å². The number of carboxylic acid groups (broad SMARTS) is 1. The number of nitrogens with one attached hydrogen (secondary N) is 3. The molecule has 0 radical (unpaired) electrons. The van der Waals surface area contributed by atoms with E-state index in [2.05, 4.69) is 16.0 Å². The van der Waals surface area contributed by atoms with Gasteiger partial charge in [-0.15, -0.1) is 0 Å². The van der Waals surface area contributed by atoms with Gasteiger partial charge in [-0.25, -0.2) is 4.79 Å². The summed E-state index contributed by atoms with van der Waals surface area (Å²) in [7, 11) is 0. The summed E-state index contributed by atoms with van der Waals surface area (Å²) < 4.78 is 0. The van der Waals surface area contributed by atoms with E-state index in [9.17, 15) is 29.4 Å². The van der Waals surface area contributed by atoms with Crippen molar-refractivity contribution >= 4 is 23.7 Å². The van der Waals surface area contributed by atoms with Crippen LogP contribution < -0.4 is 21.7 Å². The van der Waals surface area contributed by atoms with Crippen molar-refractivity contribution in [1.29, 1.82) is 0 Å². The number of nitrogens with two attached hydrogens (primary N) is 1. The third kappa shape index (κ3) is 8.66. The Kier molecular flexibility index (Phi) is 11.0. The lowest BCUT2D eigenvalue weighted by molar-refractivity contribution is -0.142. The molecule has 4 atom stereocenters. The zero-order chi connectivity index (χ0) is 26.2. The summed E-state index contributed by atoms with van der Waals surface area (Å²) in [5.74, 6) is -3.61. The maximum absolute atomic E-state index is 13.0. The van der Waals surface area contributed by atoms with Crippen molar-refractivity contribution in [3.8, 4) is 5.75 Å². The molecule has 0 saturated carbocycles. The summed E-state index contributed by atoms with van der Waals surface area (Å²) in [6.07, 6.45) is -0.00210. The van der Waals surface area contributed by atoms with Gasteiger partial charge in [-0.05, 0) is 35.4 Å². The number of phenolic OH excluding ortho intramolecular Hbond substituents is 1. The number of phenols is 1. The molecule has 0 aliphatic rings. The van der Waals surface area contributed by atoms with Gasteiger partial charge in [-0.2, -0.15) is 0 Å². The number of hydrogen-bond acceptors (Lipinski definition) is 6. The van der Waals surface area contributed by atoms with Crippen molar-refractivity contribution in [3.05, 3.63) is 29.8 Å². The molecule has 0 saturated heterocycles. The Hall–Kier alpha value is -3.14. The van der Waals surface area contributed by atoms with Gasteiger partial charge in [0.1, 0.15) is 23.9 Å². The molecule has 0 bridgehead atoms. The first-order valence-corrected chi connectivity index (χ1v) is 11.4. The first-order valence-electron chi connectivity index (χ1n) is 11.4. The van der Waals surface area contributed by atoms with Gasteiger partial charge in [0.2, 0.25) is 17.7 Å². The fraction of sp³-hybridized carbons (Fsp3) is 0.583. The number of rotatable bonds is 12. The molecule has 0 heterocycles. The van der Waals surface area contributed by atoms with E-state index in [1.165, 1.54) is 12.1 Å². The highest BCUT2D eigenvalue weighted by Gasteiger charge is 2.33.